The second-order valence-corrected chi connectivity index (χ2v) is 8.53. The molecule has 0 bridgehead atoms. The molecule has 0 aromatic heterocycles. The summed E-state index contributed by atoms with van der Waals surface area (Å²) in [6, 6.07) is 13.7. The molecule has 0 N–H and O–H groups in total. The van der Waals surface area contributed by atoms with Crippen LogP contribution >= 0.6 is 0 Å². The van der Waals surface area contributed by atoms with Gasteiger partial charge in [-0.2, -0.15) is 4.31 Å². The lowest BCUT2D eigenvalue weighted by molar-refractivity contribution is 0.0596. The maximum atomic E-state index is 13.1. The fourth-order valence-corrected chi connectivity index (χ4v) is 4.67. The Morgan fingerprint density at radius 3 is 2.61 bits per heavy atom. The van der Waals surface area contributed by atoms with Crippen LogP contribution < -0.4 is 9.64 Å². The predicted octanol–water partition coefficient (Wildman–Crippen LogP) is 2.38. The number of benzene rings is 2. The minimum Gasteiger partial charge on any atom is -0.485 e. The summed E-state index contributed by atoms with van der Waals surface area (Å²) in [5.41, 5.74) is 1.02. The van der Waals surface area contributed by atoms with Crippen LogP contribution in [0.4, 0.5) is 5.69 Å². The molecule has 1 atom stereocenters. The summed E-state index contributed by atoms with van der Waals surface area (Å²) in [5, 5.41) is 0. The van der Waals surface area contributed by atoms with Gasteiger partial charge in [-0.05, 0) is 31.2 Å². The van der Waals surface area contributed by atoms with Crippen molar-refractivity contribution in [1.82, 2.24) is 4.31 Å². The van der Waals surface area contributed by atoms with Gasteiger partial charge in [0.05, 0.1) is 36.3 Å². The van der Waals surface area contributed by atoms with Gasteiger partial charge in [0.1, 0.15) is 11.9 Å². The molecule has 0 radical (unpaired) electrons. The number of nitrogens with zero attached hydrogens (tertiary/aromatic N) is 2. The van der Waals surface area contributed by atoms with Crippen LogP contribution in [-0.4, -0.2) is 58.6 Å². The number of esters is 1. The van der Waals surface area contributed by atoms with Gasteiger partial charge >= 0.3 is 5.97 Å². The van der Waals surface area contributed by atoms with Gasteiger partial charge < -0.3 is 14.4 Å². The van der Waals surface area contributed by atoms with Gasteiger partial charge in [0.15, 0.2) is 0 Å². The molecule has 0 saturated carbocycles. The quantitative estimate of drug-likeness (QED) is 0.688. The highest BCUT2D eigenvalue weighted by atomic mass is 32.2. The van der Waals surface area contributed by atoms with E-state index in [2.05, 4.69) is 4.90 Å². The molecule has 8 heteroatoms. The number of methoxy groups -OCH3 is 1. The van der Waals surface area contributed by atoms with Gasteiger partial charge in [-0.3, -0.25) is 0 Å². The number of likely N-dealkylation sites (N-methyl/N-ethyl adjacent to an activating group) is 2. The number of anilines is 1. The van der Waals surface area contributed by atoms with Gasteiger partial charge in [0.25, 0.3) is 0 Å². The van der Waals surface area contributed by atoms with E-state index in [9.17, 15) is 13.2 Å². The Bertz CT molecular complexity index is 961. The highest BCUT2D eigenvalue weighted by Gasteiger charge is 2.31. The van der Waals surface area contributed by atoms with Gasteiger partial charge in [-0.25, -0.2) is 13.2 Å². The van der Waals surface area contributed by atoms with Crippen LogP contribution in [0.1, 0.15) is 17.3 Å². The zero-order chi connectivity index (χ0) is 20.3. The Balaban J connectivity index is 1.84. The smallest absolute Gasteiger partial charge is 0.339 e. The Kier molecular flexibility index (Phi) is 5.90. The lowest BCUT2D eigenvalue weighted by Crippen LogP contribution is -2.46. The third-order valence-electron chi connectivity index (χ3n) is 4.75. The first-order chi connectivity index (χ1) is 13.4. The number of rotatable bonds is 6. The molecule has 0 spiro atoms. The van der Waals surface area contributed by atoms with Crippen molar-refractivity contribution >= 4 is 21.7 Å². The average Bonchev–Trinajstić information content (AvgIpc) is 2.72. The standard InChI is InChI=1S/C20H24N2O5S/c1-4-22-14-15(27-18-11-7-6-10-17(18)22)13-21(2)28(24,25)19-12-8-5-9-16(19)20(23)26-3/h5-12,15H,4,13-14H2,1-3H3/t15-/m0/s1. The molecule has 1 aliphatic rings. The number of hydrogen-bond acceptors (Lipinski definition) is 6. The van der Waals surface area contributed by atoms with Crippen molar-refractivity contribution < 1.29 is 22.7 Å². The molecule has 2 aromatic rings. The molecule has 0 saturated heterocycles. The van der Waals surface area contributed by atoms with E-state index in [4.69, 9.17) is 9.47 Å². The molecular formula is C20H24N2O5S. The molecule has 0 amide bonds. The summed E-state index contributed by atoms with van der Waals surface area (Å²) in [7, 11) is -1.18. The van der Waals surface area contributed by atoms with Crippen LogP contribution in [0.2, 0.25) is 0 Å². The summed E-state index contributed by atoms with van der Waals surface area (Å²) in [4.78, 5) is 14.1. The molecule has 7 nitrogen and oxygen atoms in total. The SMILES string of the molecule is CCN1C[C@H](CN(C)S(=O)(=O)c2ccccc2C(=O)OC)Oc2ccccc21. The Morgan fingerprint density at radius 2 is 1.89 bits per heavy atom. The number of carbonyl (C=O) groups is 1. The zero-order valence-electron chi connectivity index (χ0n) is 16.2. The van der Waals surface area contributed by atoms with Crippen LogP contribution in [0, 0.1) is 0 Å². The number of sulfonamides is 1. The van der Waals surface area contributed by atoms with Gasteiger partial charge in [-0.1, -0.05) is 24.3 Å². The lowest BCUT2D eigenvalue weighted by Gasteiger charge is -2.37. The van der Waals surface area contributed by atoms with Gasteiger partial charge in [0, 0.05) is 13.6 Å². The average molecular weight is 404 g/mol. The molecule has 1 heterocycles. The van der Waals surface area contributed by atoms with Crippen molar-refractivity contribution in [2.45, 2.75) is 17.9 Å². The molecule has 0 unspecified atom stereocenters. The van der Waals surface area contributed by atoms with E-state index in [0.717, 1.165) is 18.0 Å². The first-order valence-electron chi connectivity index (χ1n) is 9.02. The number of fused-ring (bicyclic) bond motifs is 1. The third-order valence-corrected chi connectivity index (χ3v) is 6.63. The Hall–Kier alpha value is -2.58. The van der Waals surface area contributed by atoms with Crippen molar-refractivity contribution in [2.24, 2.45) is 0 Å². The summed E-state index contributed by atoms with van der Waals surface area (Å²) in [6.45, 7) is 3.57. The Morgan fingerprint density at radius 1 is 1.21 bits per heavy atom. The highest BCUT2D eigenvalue weighted by Crippen LogP contribution is 2.33. The topological polar surface area (TPSA) is 76.2 Å². The van der Waals surface area contributed by atoms with E-state index < -0.39 is 16.0 Å². The summed E-state index contributed by atoms with van der Waals surface area (Å²) in [5.74, 6) is 0.0499. The number of para-hydroxylation sites is 2. The minimum atomic E-state index is -3.89. The maximum absolute atomic E-state index is 13.1. The van der Waals surface area contributed by atoms with E-state index in [1.165, 1.54) is 30.6 Å². The van der Waals surface area contributed by atoms with E-state index in [-0.39, 0.29) is 23.1 Å². The predicted molar refractivity (Wildman–Crippen MR) is 106 cm³/mol. The fraction of sp³-hybridized carbons (Fsp3) is 0.350. The highest BCUT2D eigenvalue weighted by molar-refractivity contribution is 7.89. The van der Waals surface area contributed by atoms with Crippen LogP contribution in [0.15, 0.2) is 53.4 Å². The summed E-state index contributed by atoms with van der Waals surface area (Å²) in [6.07, 6.45) is -0.333. The molecular weight excluding hydrogens is 380 g/mol. The fourth-order valence-electron chi connectivity index (χ4n) is 3.30. The van der Waals surface area contributed by atoms with Crippen LogP contribution in [0.3, 0.4) is 0 Å². The second-order valence-electron chi connectivity index (χ2n) is 6.52. The molecule has 0 aliphatic carbocycles. The zero-order valence-corrected chi connectivity index (χ0v) is 17.0. The largest absolute Gasteiger partial charge is 0.485 e. The van der Waals surface area contributed by atoms with E-state index >= 15 is 0 Å². The van der Waals surface area contributed by atoms with Crippen molar-refractivity contribution in [3.63, 3.8) is 0 Å². The normalized spacial score (nSPS) is 16.4. The number of ether oxygens (including phenoxy) is 2. The first kappa shape index (κ1) is 20.2. The van der Waals surface area contributed by atoms with Crippen LogP contribution in [0.5, 0.6) is 5.75 Å². The van der Waals surface area contributed by atoms with Crippen molar-refractivity contribution in [1.29, 1.82) is 0 Å². The molecule has 0 fully saturated rings. The number of hydrogen-bond donors (Lipinski definition) is 0. The third kappa shape index (κ3) is 3.83. The van der Waals surface area contributed by atoms with Crippen molar-refractivity contribution in [2.75, 3.05) is 38.7 Å². The van der Waals surface area contributed by atoms with E-state index in [1.807, 2.05) is 31.2 Å². The minimum absolute atomic E-state index is 0.0157. The molecule has 3 rings (SSSR count). The Labute approximate surface area is 165 Å². The van der Waals surface area contributed by atoms with Crippen LogP contribution in [-0.2, 0) is 14.8 Å². The lowest BCUT2D eigenvalue weighted by atomic mass is 10.2. The van der Waals surface area contributed by atoms with Gasteiger partial charge in [-0.15, -0.1) is 0 Å². The van der Waals surface area contributed by atoms with Crippen molar-refractivity contribution in [3.05, 3.63) is 54.1 Å². The molecule has 28 heavy (non-hydrogen) atoms. The first-order valence-corrected chi connectivity index (χ1v) is 10.5. The second kappa shape index (κ2) is 8.20. The van der Waals surface area contributed by atoms with Crippen molar-refractivity contribution in [3.8, 4) is 5.75 Å². The summed E-state index contributed by atoms with van der Waals surface area (Å²) < 4.78 is 38.2. The monoisotopic (exact) mass is 404 g/mol. The van der Waals surface area contributed by atoms with E-state index in [0.29, 0.717) is 6.54 Å². The number of carbonyl (C=O) groups excluding carboxylic acids is 1. The maximum Gasteiger partial charge on any atom is 0.339 e. The van der Waals surface area contributed by atoms with Gasteiger partial charge in [0.2, 0.25) is 10.0 Å². The van der Waals surface area contributed by atoms with E-state index in [1.54, 1.807) is 12.1 Å². The molecule has 1 aliphatic heterocycles. The van der Waals surface area contributed by atoms with Crippen LogP contribution in [0.25, 0.3) is 0 Å². The summed E-state index contributed by atoms with van der Waals surface area (Å²) >= 11 is 0. The molecule has 2 aromatic carbocycles. The molecule has 150 valence electrons.